The second kappa shape index (κ2) is 3.91. The molecule has 0 aliphatic rings. The zero-order valence-corrected chi connectivity index (χ0v) is 9.12. The van der Waals surface area contributed by atoms with E-state index in [9.17, 15) is 0 Å². The Morgan fingerprint density at radius 1 is 1.20 bits per heavy atom. The van der Waals surface area contributed by atoms with Crippen molar-refractivity contribution in [2.24, 2.45) is 0 Å². The van der Waals surface area contributed by atoms with Crippen molar-refractivity contribution in [3.63, 3.8) is 0 Å². The van der Waals surface area contributed by atoms with Crippen molar-refractivity contribution in [3.8, 4) is 11.3 Å². The van der Waals surface area contributed by atoms with Gasteiger partial charge in [-0.05, 0) is 30.7 Å². The minimum Gasteiger partial charge on any atom is -0.397 e. The maximum atomic E-state index is 5.82. The summed E-state index contributed by atoms with van der Waals surface area (Å²) in [6.07, 6.45) is 1.66. The summed E-state index contributed by atoms with van der Waals surface area (Å²) < 4.78 is 0. The zero-order chi connectivity index (χ0) is 10.8. The lowest BCUT2D eigenvalue weighted by atomic mass is 10.1. The molecule has 0 atom stereocenters. The Bertz CT molecular complexity index is 477. The minimum atomic E-state index is 0.685. The van der Waals surface area contributed by atoms with E-state index in [1.807, 2.05) is 37.3 Å². The van der Waals surface area contributed by atoms with E-state index in [0.29, 0.717) is 5.69 Å². The Hall–Kier alpha value is -1.54. The fraction of sp³-hybridized carbons (Fsp3) is 0.0833. The largest absolute Gasteiger partial charge is 0.397 e. The SMILES string of the molecule is Cc1cc(N)cnc1-c1ccc(Cl)cc1. The van der Waals surface area contributed by atoms with E-state index in [2.05, 4.69) is 4.98 Å². The second-order valence-electron chi connectivity index (χ2n) is 3.44. The van der Waals surface area contributed by atoms with Crippen LogP contribution in [0.4, 0.5) is 5.69 Å². The number of halogens is 1. The van der Waals surface area contributed by atoms with Crippen LogP contribution in [-0.4, -0.2) is 4.98 Å². The normalized spacial score (nSPS) is 10.3. The van der Waals surface area contributed by atoms with Crippen molar-refractivity contribution in [2.45, 2.75) is 6.92 Å². The number of pyridine rings is 1. The molecule has 0 radical (unpaired) electrons. The molecule has 0 saturated carbocycles. The van der Waals surface area contributed by atoms with Gasteiger partial charge in [-0.2, -0.15) is 0 Å². The predicted octanol–water partition coefficient (Wildman–Crippen LogP) is 3.29. The first kappa shape index (κ1) is 9.99. The first-order valence-electron chi connectivity index (χ1n) is 4.65. The third-order valence-corrected chi connectivity index (χ3v) is 2.47. The molecule has 1 aromatic heterocycles. The molecule has 2 N–H and O–H groups in total. The summed E-state index contributed by atoms with van der Waals surface area (Å²) in [5.74, 6) is 0. The number of benzene rings is 1. The van der Waals surface area contributed by atoms with Gasteiger partial charge in [0, 0.05) is 10.6 Å². The number of aryl methyl sites for hydroxylation is 1. The van der Waals surface area contributed by atoms with E-state index in [-0.39, 0.29) is 0 Å². The zero-order valence-electron chi connectivity index (χ0n) is 8.37. The molecular weight excluding hydrogens is 208 g/mol. The van der Waals surface area contributed by atoms with Crippen LogP contribution in [0.15, 0.2) is 36.5 Å². The summed E-state index contributed by atoms with van der Waals surface area (Å²) in [6.45, 7) is 1.99. The van der Waals surface area contributed by atoms with Crippen molar-refractivity contribution in [3.05, 3.63) is 47.1 Å². The molecule has 2 aromatic rings. The molecule has 15 heavy (non-hydrogen) atoms. The topological polar surface area (TPSA) is 38.9 Å². The minimum absolute atomic E-state index is 0.685. The summed E-state index contributed by atoms with van der Waals surface area (Å²) in [4.78, 5) is 4.31. The molecule has 2 rings (SSSR count). The number of hydrogen-bond acceptors (Lipinski definition) is 2. The van der Waals surface area contributed by atoms with Crippen molar-refractivity contribution in [2.75, 3.05) is 5.73 Å². The maximum absolute atomic E-state index is 5.82. The first-order valence-corrected chi connectivity index (χ1v) is 5.02. The molecule has 3 heteroatoms. The predicted molar refractivity (Wildman–Crippen MR) is 63.8 cm³/mol. The number of anilines is 1. The molecule has 1 aromatic carbocycles. The highest BCUT2D eigenvalue weighted by Gasteiger charge is 2.03. The number of nitrogen functional groups attached to an aromatic ring is 1. The summed E-state index contributed by atoms with van der Waals surface area (Å²) in [6, 6.07) is 9.53. The Balaban J connectivity index is 2.49. The van der Waals surface area contributed by atoms with Crippen LogP contribution in [0, 0.1) is 6.92 Å². The summed E-state index contributed by atoms with van der Waals surface area (Å²) in [5, 5.41) is 0.729. The van der Waals surface area contributed by atoms with Crippen LogP contribution >= 0.6 is 11.6 Å². The molecule has 2 nitrogen and oxygen atoms in total. The monoisotopic (exact) mass is 218 g/mol. The number of aromatic nitrogens is 1. The van der Waals surface area contributed by atoms with Gasteiger partial charge in [0.15, 0.2) is 0 Å². The van der Waals surface area contributed by atoms with Gasteiger partial charge >= 0.3 is 0 Å². The summed E-state index contributed by atoms with van der Waals surface area (Å²) in [7, 11) is 0. The first-order chi connectivity index (χ1) is 7.16. The van der Waals surface area contributed by atoms with Crippen molar-refractivity contribution in [1.82, 2.24) is 4.98 Å². The third-order valence-electron chi connectivity index (χ3n) is 2.22. The van der Waals surface area contributed by atoms with Crippen LogP contribution in [0.2, 0.25) is 5.02 Å². The summed E-state index contributed by atoms with van der Waals surface area (Å²) in [5.41, 5.74) is 9.40. The summed E-state index contributed by atoms with van der Waals surface area (Å²) >= 11 is 5.82. The molecule has 0 saturated heterocycles. The lowest BCUT2D eigenvalue weighted by molar-refractivity contribution is 1.27. The van der Waals surface area contributed by atoms with E-state index in [0.717, 1.165) is 21.8 Å². The molecule has 0 bridgehead atoms. The average molecular weight is 219 g/mol. The van der Waals surface area contributed by atoms with Gasteiger partial charge in [-0.3, -0.25) is 4.98 Å². The standard InChI is InChI=1S/C12H11ClN2/c1-8-6-11(14)7-15-12(8)9-2-4-10(13)5-3-9/h2-7H,14H2,1H3. The van der Waals surface area contributed by atoms with E-state index in [1.54, 1.807) is 6.20 Å². The van der Waals surface area contributed by atoms with Crippen LogP contribution in [0.1, 0.15) is 5.56 Å². The lowest BCUT2D eigenvalue weighted by Crippen LogP contribution is -1.92. The van der Waals surface area contributed by atoms with Crippen LogP contribution in [0.5, 0.6) is 0 Å². The molecule has 0 fully saturated rings. The van der Waals surface area contributed by atoms with E-state index in [1.165, 1.54) is 0 Å². The van der Waals surface area contributed by atoms with Gasteiger partial charge in [0.2, 0.25) is 0 Å². The van der Waals surface area contributed by atoms with Gasteiger partial charge in [0.25, 0.3) is 0 Å². The highest BCUT2D eigenvalue weighted by atomic mass is 35.5. The van der Waals surface area contributed by atoms with Crippen molar-refractivity contribution in [1.29, 1.82) is 0 Å². The average Bonchev–Trinajstić information content (AvgIpc) is 2.20. The van der Waals surface area contributed by atoms with Gasteiger partial charge in [0.05, 0.1) is 17.6 Å². The quantitative estimate of drug-likeness (QED) is 0.798. The molecule has 0 aliphatic heterocycles. The molecule has 0 aliphatic carbocycles. The molecule has 0 spiro atoms. The molecule has 0 amide bonds. The highest BCUT2D eigenvalue weighted by molar-refractivity contribution is 6.30. The van der Waals surface area contributed by atoms with Gasteiger partial charge < -0.3 is 5.73 Å². The van der Waals surface area contributed by atoms with Gasteiger partial charge in [-0.25, -0.2) is 0 Å². The number of nitrogens with zero attached hydrogens (tertiary/aromatic N) is 1. The highest BCUT2D eigenvalue weighted by Crippen LogP contribution is 2.23. The molecule has 76 valence electrons. The molecule has 0 unspecified atom stereocenters. The smallest absolute Gasteiger partial charge is 0.0732 e. The number of rotatable bonds is 1. The Morgan fingerprint density at radius 3 is 2.47 bits per heavy atom. The van der Waals surface area contributed by atoms with Gasteiger partial charge in [0.1, 0.15) is 0 Å². The van der Waals surface area contributed by atoms with Crippen molar-refractivity contribution >= 4 is 17.3 Å². The number of hydrogen-bond donors (Lipinski definition) is 1. The fourth-order valence-corrected chi connectivity index (χ4v) is 1.63. The van der Waals surface area contributed by atoms with Crippen LogP contribution in [0.25, 0.3) is 11.3 Å². The molecule has 1 heterocycles. The molecular formula is C12H11ClN2. The van der Waals surface area contributed by atoms with E-state index < -0.39 is 0 Å². The Kier molecular flexibility index (Phi) is 2.60. The van der Waals surface area contributed by atoms with E-state index >= 15 is 0 Å². The number of nitrogens with two attached hydrogens (primary N) is 1. The lowest BCUT2D eigenvalue weighted by Gasteiger charge is -2.05. The van der Waals surface area contributed by atoms with Gasteiger partial charge in [-0.15, -0.1) is 0 Å². The Labute approximate surface area is 93.7 Å². The van der Waals surface area contributed by atoms with Gasteiger partial charge in [-0.1, -0.05) is 23.7 Å². The fourth-order valence-electron chi connectivity index (χ4n) is 1.51. The second-order valence-corrected chi connectivity index (χ2v) is 3.88. The van der Waals surface area contributed by atoms with Crippen LogP contribution < -0.4 is 5.73 Å². The Morgan fingerprint density at radius 2 is 1.87 bits per heavy atom. The third kappa shape index (κ3) is 2.10. The van der Waals surface area contributed by atoms with Crippen molar-refractivity contribution < 1.29 is 0 Å². The van der Waals surface area contributed by atoms with Crippen LogP contribution in [-0.2, 0) is 0 Å². The van der Waals surface area contributed by atoms with Crippen LogP contribution in [0.3, 0.4) is 0 Å². The maximum Gasteiger partial charge on any atom is 0.0732 e. The van der Waals surface area contributed by atoms with E-state index in [4.69, 9.17) is 17.3 Å².